The van der Waals surface area contributed by atoms with E-state index in [1.807, 2.05) is 42.1 Å². The lowest BCUT2D eigenvalue weighted by atomic mass is 9.67. The van der Waals surface area contributed by atoms with Crippen LogP contribution in [0.2, 0.25) is 0 Å². The van der Waals surface area contributed by atoms with Crippen LogP contribution in [-0.2, 0) is 5.41 Å². The van der Waals surface area contributed by atoms with Crippen LogP contribution in [0.15, 0.2) is 161 Å². The highest BCUT2D eigenvalue weighted by atomic mass is 32.2. The second kappa shape index (κ2) is 10.0. The summed E-state index contributed by atoms with van der Waals surface area (Å²) in [7, 11) is 0. The molecule has 0 bridgehead atoms. The Balaban J connectivity index is 1.36. The van der Waals surface area contributed by atoms with E-state index < -0.39 is 5.41 Å². The number of hydrogen-bond donors (Lipinski definition) is 1. The molecule has 9 rings (SSSR count). The average molecular weight is 594 g/mol. The Kier molecular flexibility index (Phi) is 5.80. The number of aromatic nitrogens is 2. The molecule has 1 aliphatic carbocycles. The van der Waals surface area contributed by atoms with E-state index in [1.165, 1.54) is 43.2 Å². The first kappa shape index (κ1) is 26.0. The van der Waals surface area contributed by atoms with E-state index in [2.05, 4.69) is 121 Å². The summed E-state index contributed by atoms with van der Waals surface area (Å²) in [5.41, 5.74) is 19.3. The zero-order valence-corrected chi connectivity index (χ0v) is 25.1. The van der Waals surface area contributed by atoms with Crippen LogP contribution in [0.4, 0.5) is 5.69 Å². The normalized spacial score (nSPS) is 15.6. The minimum atomic E-state index is -0.508. The SMILES string of the molecule is Nc1ccc2c(c1)C1(c3ccccc3Sc3c(-c4cc(-c5ccccc5)nc(-c5ccccc5)n4)cccc31)c1ccccc1-2. The monoisotopic (exact) mass is 593 g/mol. The van der Waals surface area contributed by atoms with Crippen molar-refractivity contribution in [3.8, 4) is 45.0 Å². The Morgan fingerprint density at radius 1 is 0.467 bits per heavy atom. The molecule has 6 aromatic carbocycles. The first-order valence-electron chi connectivity index (χ1n) is 15.1. The third-order valence-corrected chi connectivity index (χ3v) is 10.3. The predicted octanol–water partition coefficient (Wildman–Crippen LogP) is 9.89. The van der Waals surface area contributed by atoms with E-state index in [4.69, 9.17) is 15.7 Å². The molecule has 2 heterocycles. The van der Waals surface area contributed by atoms with Crippen LogP contribution in [0.1, 0.15) is 22.3 Å². The molecule has 2 N–H and O–H groups in total. The number of nitrogens with zero attached hydrogens (tertiary/aromatic N) is 2. The van der Waals surface area contributed by atoms with Gasteiger partial charge in [-0.15, -0.1) is 0 Å². The maximum absolute atomic E-state index is 6.54. The summed E-state index contributed by atoms with van der Waals surface area (Å²) >= 11 is 1.83. The van der Waals surface area contributed by atoms with Crippen molar-refractivity contribution >= 4 is 17.4 Å². The minimum absolute atomic E-state index is 0.508. The Morgan fingerprint density at radius 2 is 1.09 bits per heavy atom. The van der Waals surface area contributed by atoms with Gasteiger partial charge in [-0.2, -0.15) is 0 Å². The number of nitrogens with two attached hydrogens (primary N) is 1. The maximum atomic E-state index is 6.54. The number of fused-ring (bicyclic) bond motifs is 9. The van der Waals surface area contributed by atoms with E-state index in [9.17, 15) is 0 Å². The van der Waals surface area contributed by atoms with Crippen molar-refractivity contribution in [2.24, 2.45) is 0 Å². The predicted molar refractivity (Wildman–Crippen MR) is 184 cm³/mol. The average Bonchev–Trinajstić information content (AvgIpc) is 3.38. The zero-order chi connectivity index (χ0) is 30.0. The molecule has 2 aliphatic rings. The number of nitrogen functional groups attached to an aromatic ring is 1. The largest absolute Gasteiger partial charge is 0.399 e. The molecule has 1 atom stereocenters. The molecule has 0 amide bonds. The van der Waals surface area contributed by atoms with Crippen molar-refractivity contribution in [2.75, 3.05) is 5.73 Å². The second-order valence-electron chi connectivity index (χ2n) is 11.6. The molecule has 1 spiro atoms. The van der Waals surface area contributed by atoms with Gasteiger partial charge in [0.25, 0.3) is 0 Å². The van der Waals surface area contributed by atoms with Crippen LogP contribution >= 0.6 is 11.8 Å². The molecule has 212 valence electrons. The smallest absolute Gasteiger partial charge is 0.160 e. The number of rotatable bonds is 3. The summed E-state index contributed by atoms with van der Waals surface area (Å²) in [5, 5.41) is 0. The summed E-state index contributed by atoms with van der Waals surface area (Å²) in [5.74, 6) is 0.713. The fraction of sp³-hybridized carbons (Fsp3) is 0.0244. The summed E-state index contributed by atoms with van der Waals surface area (Å²) in [6, 6.07) is 53.5. The number of hydrogen-bond acceptors (Lipinski definition) is 4. The topological polar surface area (TPSA) is 51.8 Å². The summed E-state index contributed by atoms with van der Waals surface area (Å²) in [4.78, 5) is 12.7. The van der Waals surface area contributed by atoms with E-state index in [-0.39, 0.29) is 0 Å². The van der Waals surface area contributed by atoms with Crippen molar-refractivity contribution in [1.82, 2.24) is 9.97 Å². The molecule has 0 saturated heterocycles. The van der Waals surface area contributed by atoms with E-state index in [0.717, 1.165) is 33.8 Å². The van der Waals surface area contributed by atoms with Gasteiger partial charge in [-0.05, 0) is 57.6 Å². The lowest BCUT2D eigenvalue weighted by Gasteiger charge is -2.40. The van der Waals surface area contributed by atoms with Gasteiger partial charge in [0.2, 0.25) is 0 Å². The molecule has 0 saturated carbocycles. The van der Waals surface area contributed by atoms with Crippen LogP contribution in [0, 0.1) is 0 Å². The molecule has 0 radical (unpaired) electrons. The molecule has 1 unspecified atom stereocenters. The molecule has 0 fully saturated rings. The first-order valence-corrected chi connectivity index (χ1v) is 15.9. The Labute approximate surface area is 266 Å². The van der Waals surface area contributed by atoms with Crippen LogP contribution in [0.3, 0.4) is 0 Å². The van der Waals surface area contributed by atoms with Gasteiger partial charge in [-0.25, -0.2) is 9.97 Å². The fourth-order valence-electron chi connectivity index (χ4n) is 7.20. The summed E-state index contributed by atoms with van der Waals surface area (Å²) in [6.07, 6.45) is 0. The highest BCUT2D eigenvalue weighted by molar-refractivity contribution is 7.99. The number of anilines is 1. The Bertz CT molecular complexity index is 2200. The summed E-state index contributed by atoms with van der Waals surface area (Å²) in [6.45, 7) is 0. The van der Waals surface area contributed by atoms with Crippen LogP contribution in [-0.4, -0.2) is 9.97 Å². The maximum Gasteiger partial charge on any atom is 0.160 e. The van der Waals surface area contributed by atoms with Gasteiger partial charge in [0.15, 0.2) is 5.82 Å². The third-order valence-electron chi connectivity index (χ3n) is 9.09. The molecule has 1 aromatic heterocycles. The van der Waals surface area contributed by atoms with Gasteiger partial charge in [-0.3, -0.25) is 0 Å². The lowest BCUT2D eigenvalue weighted by Crippen LogP contribution is -2.32. The number of benzene rings is 6. The van der Waals surface area contributed by atoms with Crippen LogP contribution in [0.25, 0.3) is 45.0 Å². The quantitative estimate of drug-likeness (QED) is 0.207. The van der Waals surface area contributed by atoms with Gasteiger partial charge in [0.05, 0.1) is 16.8 Å². The van der Waals surface area contributed by atoms with E-state index in [1.54, 1.807) is 0 Å². The first-order chi connectivity index (χ1) is 22.2. The molecule has 1 aliphatic heterocycles. The van der Waals surface area contributed by atoms with Crippen molar-refractivity contribution in [3.63, 3.8) is 0 Å². The Hall–Kier alpha value is -5.45. The van der Waals surface area contributed by atoms with E-state index >= 15 is 0 Å². The van der Waals surface area contributed by atoms with Gasteiger partial charge in [-0.1, -0.05) is 139 Å². The molecule has 3 nitrogen and oxygen atoms in total. The van der Waals surface area contributed by atoms with Gasteiger partial charge < -0.3 is 5.73 Å². The molecular formula is C41H27N3S. The van der Waals surface area contributed by atoms with Gasteiger partial charge in [0.1, 0.15) is 0 Å². The molecule has 45 heavy (non-hydrogen) atoms. The zero-order valence-electron chi connectivity index (χ0n) is 24.3. The van der Waals surface area contributed by atoms with Gasteiger partial charge in [0, 0.05) is 32.2 Å². The van der Waals surface area contributed by atoms with Crippen molar-refractivity contribution < 1.29 is 0 Å². The van der Waals surface area contributed by atoms with Crippen LogP contribution < -0.4 is 5.73 Å². The van der Waals surface area contributed by atoms with E-state index in [0.29, 0.717) is 5.82 Å². The minimum Gasteiger partial charge on any atom is -0.399 e. The molecular weight excluding hydrogens is 567 g/mol. The molecule has 7 aromatic rings. The highest BCUT2D eigenvalue weighted by Gasteiger charge is 2.50. The van der Waals surface area contributed by atoms with Crippen molar-refractivity contribution in [2.45, 2.75) is 15.2 Å². The third kappa shape index (κ3) is 3.86. The molecule has 4 heteroatoms. The van der Waals surface area contributed by atoms with Crippen molar-refractivity contribution in [1.29, 1.82) is 0 Å². The summed E-state index contributed by atoms with van der Waals surface area (Å²) < 4.78 is 0. The fourth-order valence-corrected chi connectivity index (χ4v) is 8.51. The van der Waals surface area contributed by atoms with Gasteiger partial charge >= 0.3 is 0 Å². The van der Waals surface area contributed by atoms with Crippen molar-refractivity contribution in [3.05, 3.63) is 174 Å². The Morgan fingerprint density at radius 3 is 1.91 bits per heavy atom. The highest BCUT2D eigenvalue weighted by Crippen LogP contribution is 2.63. The second-order valence-corrected chi connectivity index (χ2v) is 12.6. The standard InChI is InChI=1S/C41H27N3S/c42-28-22-23-30-29-16-7-8-18-32(29)41(35(30)24-28)33-19-9-10-21-38(33)45-39-31(17-11-20-34(39)41)37-25-36(26-12-3-1-4-13-26)43-40(44-37)27-14-5-2-6-15-27/h1-25H,42H2. The lowest BCUT2D eigenvalue weighted by molar-refractivity contribution is 0.723. The van der Waals surface area contributed by atoms with Crippen LogP contribution in [0.5, 0.6) is 0 Å².